The summed E-state index contributed by atoms with van der Waals surface area (Å²) in [5, 5.41) is 13.9. The van der Waals surface area contributed by atoms with E-state index in [1.54, 1.807) is 23.5 Å². The first kappa shape index (κ1) is 14.5. The van der Waals surface area contributed by atoms with Crippen molar-refractivity contribution in [3.63, 3.8) is 0 Å². The predicted molar refractivity (Wildman–Crippen MR) is 84.9 cm³/mol. The van der Waals surface area contributed by atoms with Crippen molar-refractivity contribution in [3.8, 4) is 0 Å². The molecule has 0 unspecified atom stereocenters. The Bertz CT molecular complexity index is 609. The average Bonchev–Trinajstić information content (AvgIpc) is 2.67. The molecule has 0 saturated carbocycles. The van der Waals surface area contributed by atoms with Gasteiger partial charge in [-0.05, 0) is 56.5 Å². The van der Waals surface area contributed by atoms with E-state index in [4.69, 9.17) is 0 Å². The summed E-state index contributed by atoms with van der Waals surface area (Å²) in [5.74, 6) is 0. The van der Waals surface area contributed by atoms with Crippen molar-refractivity contribution in [2.45, 2.75) is 13.5 Å². The number of hydrogen-bond acceptors (Lipinski definition) is 4. The zero-order chi connectivity index (χ0) is 14.0. The summed E-state index contributed by atoms with van der Waals surface area (Å²) in [6.45, 7) is 2.54. The second-order valence-electron chi connectivity index (χ2n) is 3.94. The highest BCUT2D eigenvalue weighted by Crippen LogP contribution is 2.33. The first-order valence-electron chi connectivity index (χ1n) is 5.40. The van der Waals surface area contributed by atoms with Gasteiger partial charge >= 0.3 is 0 Å². The van der Waals surface area contributed by atoms with Gasteiger partial charge in [0, 0.05) is 33.7 Å². The molecular formula is C12H10Br2N2O2S. The lowest BCUT2D eigenvalue weighted by Gasteiger charge is -2.07. The predicted octanol–water partition coefficient (Wildman–Crippen LogP) is 5.10. The second-order valence-corrected chi connectivity index (χ2v) is 7.25. The van der Waals surface area contributed by atoms with Crippen LogP contribution in [-0.4, -0.2) is 4.92 Å². The van der Waals surface area contributed by atoms with Crippen molar-refractivity contribution in [2.75, 3.05) is 5.32 Å². The summed E-state index contributed by atoms with van der Waals surface area (Å²) in [4.78, 5) is 11.5. The molecule has 0 saturated heterocycles. The van der Waals surface area contributed by atoms with Crippen molar-refractivity contribution < 1.29 is 4.92 Å². The van der Waals surface area contributed by atoms with Gasteiger partial charge in [-0.25, -0.2) is 0 Å². The molecule has 0 bridgehead atoms. The summed E-state index contributed by atoms with van der Waals surface area (Å²) in [5.41, 5.74) is 1.89. The third-order valence-electron chi connectivity index (χ3n) is 2.57. The van der Waals surface area contributed by atoms with Crippen LogP contribution < -0.4 is 5.32 Å². The van der Waals surface area contributed by atoms with Gasteiger partial charge in [0.15, 0.2) is 0 Å². The number of nitrogens with one attached hydrogen (secondary N) is 1. The van der Waals surface area contributed by atoms with Gasteiger partial charge in [-0.1, -0.05) is 0 Å². The molecule has 1 heterocycles. The average molecular weight is 406 g/mol. The van der Waals surface area contributed by atoms with E-state index >= 15 is 0 Å². The van der Waals surface area contributed by atoms with Crippen molar-refractivity contribution in [3.05, 3.63) is 53.1 Å². The van der Waals surface area contributed by atoms with Crippen LogP contribution in [0.15, 0.2) is 32.5 Å². The lowest BCUT2D eigenvalue weighted by Crippen LogP contribution is -2.00. The summed E-state index contributed by atoms with van der Waals surface area (Å²) in [7, 11) is 0. The molecule has 7 heteroatoms. The topological polar surface area (TPSA) is 55.2 Å². The van der Waals surface area contributed by atoms with Gasteiger partial charge in [-0.15, -0.1) is 11.3 Å². The molecule has 2 rings (SSSR count). The second kappa shape index (κ2) is 6.02. The summed E-state index contributed by atoms with van der Waals surface area (Å²) >= 11 is 8.54. The van der Waals surface area contributed by atoms with Crippen LogP contribution >= 0.6 is 43.2 Å². The fraction of sp³-hybridized carbons (Fsp3) is 0.167. The molecule has 2 aromatic rings. The molecule has 1 aromatic carbocycles. The molecule has 0 aliphatic carbocycles. The van der Waals surface area contributed by atoms with Gasteiger partial charge in [0.25, 0.3) is 5.69 Å². The minimum atomic E-state index is -0.385. The zero-order valence-corrected chi connectivity index (χ0v) is 13.9. The fourth-order valence-electron chi connectivity index (χ4n) is 1.62. The van der Waals surface area contributed by atoms with Crippen LogP contribution in [0.1, 0.15) is 10.4 Å². The van der Waals surface area contributed by atoms with E-state index in [0.717, 1.165) is 19.5 Å². The standard InChI is InChI=1S/C12H10Br2N2O2S/c1-7-4-8(16(17)18)2-3-11(7)15-6-9-5-10(13)12(14)19-9/h2-5,15H,6H2,1H3. The molecule has 0 aliphatic heterocycles. The maximum absolute atomic E-state index is 10.7. The molecule has 0 fully saturated rings. The maximum Gasteiger partial charge on any atom is 0.269 e. The number of anilines is 1. The first-order valence-corrected chi connectivity index (χ1v) is 7.80. The molecule has 1 N–H and O–H groups in total. The van der Waals surface area contributed by atoms with E-state index in [-0.39, 0.29) is 10.6 Å². The number of nitro benzene ring substituents is 1. The Kier molecular flexibility index (Phi) is 4.59. The van der Waals surface area contributed by atoms with Crippen LogP contribution in [0.2, 0.25) is 0 Å². The number of benzene rings is 1. The Morgan fingerprint density at radius 1 is 1.37 bits per heavy atom. The highest BCUT2D eigenvalue weighted by Gasteiger charge is 2.09. The van der Waals surface area contributed by atoms with Crippen LogP contribution in [0, 0.1) is 17.0 Å². The highest BCUT2D eigenvalue weighted by molar-refractivity contribution is 9.13. The van der Waals surface area contributed by atoms with Crippen molar-refractivity contribution in [1.29, 1.82) is 0 Å². The highest BCUT2D eigenvalue weighted by atomic mass is 79.9. The number of aryl methyl sites for hydroxylation is 1. The van der Waals surface area contributed by atoms with Crippen molar-refractivity contribution >= 4 is 54.6 Å². The van der Waals surface area contributed by atoms with Crippen LogP contribution in [-0.2, 0) is 6.54 Å². The van der Waals surface area contributed by atoms with E-state index in [1.165, 1.54) is 10.9 Å². The van der Waals surface area contributed by atoms with Crippen molar-refractivity contribution in [1.82, 2.24) is 0 Å². The molecule has 0 aliphatic rings. The van der Waals surface area contributed by atoms with Gasteiger partial charge in [-0.2, -0.15) is 0 Å². The quantitative estimate of drug-likeness (QED) is 0.568. The van der Waals surface area contributed by atoms with Gasteiger partial charge in [0.05, 0.1) is 8.71 Å². The first-order chi connectivity index (χ1) is 8.97. The molecule has 0 atom stereocenters. The van der Waals surface area contributed by atoms with Crippen LogP contribution in [0.25, 0.3) is 0 Å². The Hall–Kier alpha value is -0.920. The van der Waals surface area contributed by atoms with E-state index in [0.29, 0.717) is 6.54 Å². The molecule has 100 valence electrons. The molecule has 1 aromatic heterocycles. The monoisotopic (exact) mass is 404 g/mol. The minimum absolute atomic E-state index is 0.115. The van der Waals surface area contributed by atoms with Crippen LogP contribution in [0.3, 0.4) is 0 Å². The number of thiophene rings is 1. The molecule has 4 nitrogen and oxygen atoms in total. The molecule has 0 amide bonds. The van der Waals surface area contributed by atoms with Crippen LogP contribution in [0.5, 0.6) is 0 Å². The van der Waals surface area contributed by atoms with E-state index in [1.807, 2.05) is 13.0 Å². The third kappa shape index (κ3) is 3.55. The number of hydrogen-bond donors (Lipinski definition) is 1. The van der Waals surface area contributed by atoms with E-state index in [2.05, 4.69) is 37.2 Å². The maximum atomic E-state index is 10.7. The van der Waals surface area contributed by atoms with E-state index < -0.39 is 0 Å². The Morgan fingerprint density at radius 3 is 2.63 bits per heavy atom. The number of rotatable bonds is 4. The Morgan fingerprint density at radius 2 is 2.11 bits per heavy atom. The summed E-state index contributed by atoms with van der Waals surface area (Å²) < 4.78 is 2.10. The van der Waals surface area contributed by atoms with Gasteiger partial charge in [0.1, 0.15) is 0 Å². The number of halogens is 2. The Labute approximate surface area is 131 Å². The summed E-state index contributed by atoms with van der Waals surface area (Å²) in [6, 6.07) is 6.87. The zero-order valence-electron chi connectivity index (χ0n) is 9.94. The lowest BCUT2D eigenvalue weighted by atomic mass is 10.2. The molecule has 19 heavy (non-hydrogen) atoms. The molecular weight excluding hydrogens is 396 g/mol. The minimum Gasteiger partial charge on any atom is -0.380 e. The smallest absolute Gasteiger partial charge is 0.269 e. The fourth-order valence-corrected chi connectivity index (χ4v) is 3.74. The van der Waals surface area contributed by atoms with Crippen molar-refractivity contribution in [2.24, 2.45) is 0 Å². The number of non-ortho nitro benzene ring substituents is 1. The summed E-state index contributed by atoms with van der Waals surface area (Å²) in [6.07, 6.45) is 0. The largest absolute Gasteiger partial charge is 0.380 e. The normalized spacial score (nSPS) is 10.5. The number of nitro groups is 1. The lowest BCUT2D eigenvalue weighted by molar-refractivity contribution is -0.384. The third-order valence-corrected chi connectivity index (χ3v) is 5.83. The van der Waals surface area contributed by atoms with E-state index in [9.17, 15) is 10.1 Å². The molecule has 0 radical (unpaired) electrons. The van der Waals surface area contributed by atoms with Gasteiger partial charge in [0.2, 0.25) is 0 Å². The molecule has 0 spiro atoms. The Balaban J connectivity index is 2.09. The number of nitrogens with zero attached hydrogens (tertiary/aromatic N) is 1. The van der Waals surface area contributed by atoms with Gasteiger partial charge < -0.3 is 5.32 Å². The van der Waals surface area contributed by atoms with Gasteiger partial charge in [-0.3, -0.25) is 10.1 Å². The SMILES string of the molecule is Cc1cc([N+](=O)[O-])ccc1NCc1cc(Br)c(Br)s1. The van der Waals surface area contributed by atoms with Crippen LogP contribution in [0.4, 0.5) is 11.4 Å².